The first-order valence-corrected chi connectivity index (χ1v) is 11.3. The zero-order chi connectivity index (χ0) is 25.1. The quantitative estimate of drug-likeness (QED) is 0.331. The summed E-state index contributed by atoms with van der Waals surface area (Å²) in [5, 5.41) is 0. The highest BCUT2D eigenvalue weighted by molar-refractivity contribution is 6.28. The summed E-state index contributed by atoms with van der Waals surface area (Å²) < 4.78 is 10.3. The van der Waals surface area contributed by atoms with Gasteiger partial charge in [0.1, 0.15) is 11.5 Å². The van der Waals surface area contributed by atoms with Crippen molar-refractivity contribution in [2.45, 2.75) is 0 Å². The molecule has 0 spiro atoms. The van der Waals surface area contributed by atoms with Crippen molar-refractivity contribution in [3.05, 3.63) is 129 Å². The lowest BCUT2D eigenvalue weighted by atomic mass is 9.82. The monoisotopic (exact) mass is 468 g/mol. The van der Waals surface area contributed by atoms with Gasteiger partial charge in [0.05, 0.1) is 14.2 Å². The van der Waals surface area contributed by atoms with Gasteiger partial charge < -0.3 is 9.47 Å². The van der Waals surface area contributed by atoms with E-state index in [2.05, 4.69) is 23.7 Å². The zero-order valence-corrected chi connectivity index (χ0v) is 19.7. The maximum absolute atomic E-state index is 13.4. The summed E-state index contributed by atoms with van der Waals surface area (Å²) in [6, 6.07) is 25.1. The molecule has 0 fully saturated rings. The van der Waals surface area contributed by atoms with Gasteiger partial charge in [0.2, 0.25) is 0 Å². The Morgan fingerprint density at radius 3 is 1.17 bits per heavy atom. The van der Waals surface area contributed by atoms with Crippen LogP contribution in [0.2, 0.25) is 0 Å². The molecule has 1 aliphatic rings. The van der Waals surface area contributed by atoms with Gasteiger partial charge in [0.15, 0.2) is 11.6 Å². The van der Waals surface area contributed by atoms with Gasteiger partial charge in [-0.25, -0.2) is 0 Å². The average molecular weight is 469 g/mol. The molecule has 0 amide bonds. The predicted molar refractivity (Wildman–Crippen MR) is 138 cm³/mol. The molecule has 0 saturated carbocycles. The first-order valence-electron chi connectivity index (χ1n) is 11.3. The third-order valence-electron chi connectivity index (χ3n) is 5.90. The van der Waals surface area contributed by atoms with E-state index < -0.39 is 0 Å². The van der Waals surface area contributed by atoms with Gasteiger partial charge in [0.25, 0.3) is 0 Å². The molecular weight excluding hydrogens is 448 g/mol. The van der Waals surface area contributed by atoms with Gasteiger partial charge >= 0.3 is 0 Å². The van der Waals surface area contributed by atoms with E-state index >= 15 is 0 Å². The van der Waals surface area contributed by atoms with Crippen LogP contribution in [0.1, 0.15) is 54.1 Å². The summed E-state index contributed by atoms with van der Waals surface area (Å²) in [5.41, 5.74) is 4.44. The van der Waals surface area contributed by atoms with Crippen molar-refractivity contribution in [3.8, 4) is 35.2 Å². The van der Waals surface area contributed by atoms with Crippen molar-refractivity contribution in [3.63, 3.8) is 0 Å². The minimum Gasteiger partial charge on any atom is -0.497 e. The van der Waals surface area contributed by atoms with Crippen LogP contribution in [0.5, 0.6) is 11.5 Å². The Hall–Kier alpha value is -5.06. The normalized spacial score (nSPS) is 11.3. The van der Waals surface area contributed by atoms with E-state index in [1.165, 1.54) is 0 Å². The number of ketones is 2. The average Bonchev–Trinajstić information content (AvgIpc) is 2.94. The summed E-state index contributed by atoms with van der Waals surface area (Å²) in [4.78, 5) is 26.5. The SMILES string of the molecule is COc1ccc(C#Cc2ccc3c(c2)C(=O)c2cc(C#Cc4ccc(OC)cc4)ccc2C3=O)cc1. The van der Waals surface area contributed by atoms with Crippen LogP contribution in [0.3, 0.4) is 0 Å². The van der Waals surface area contributed by atoms with Crippen molar-refractivity contribution in [2.75, 3.05) is 14.2 Å². The van der Waals surface area contributed by atoms with Crippen LogP contribution in [0.4, 0.5) is 0 Å². The Morgan fingerprint density at radius 2 is 0.778 bits per heavy atom. The fourth-order valence-electron chi connectivity index (χ4n) is 3.94. The molecule has 4 aromatic rings. The molecule has 0 aromatic heterocycles. The molecule has 0 bridgehead atoms. The molecule has 0 unspecified atom stereocenters. The number of ether oxygens (including phenoxy) is 2. The van der Waals surface area contributed by atoms with Crippen LogP contribution in [0.15, 0.2) is 84.9 Å². The van der Waals surface area contributed by atoms with E-state index in [1.807, 2.05) is 48.5 Å². The lowest BCUT2D eigenvalue weighted by molar-refractivity contribution is 0.0979. The van der Waals surface area contributed by atoms with Crippen molar-refractivity contribution in [1.82, 2.24) is 0 Å². The molecule has 0 atom stereocenters. The molecule has 4 aromatic carbocycles. The molecule has 1 aliphatic carbocycles. The Bertz CT molecular complexity index is 1500. The predicted octanol–water partition coefficient (Wildman–Crippen LogP) is 5.28. The first-order chi connectivity index (χ1) is 17.6. The van der Waals surface area contributed by atoms with Gasteiger partial charge in [-0.05, 0) is 84.9 Å². The second kappa shape index (κ2) is 9.66. The molecular formula is C32H20O4. The van der Waals surface area contributed by atoms with Crippen LogP contribution in [-0.4, -0.2) is 25.8 Å². The van der Waals surface area contributed by atoms with Gasteiger partial charge in [-0.15, -0.1) is 0 Å². The minimum absolute atomic E-state index is 0.177. The molecule has 0 radical (unpaired) electrons. The van der Waals surface area contributed by atoms with E-state index in [0.717, 1.165) is 22.6 Å². The number of fused-ring (bicyclic) bond motifs is 2. The third kappa shape index (κ3) is 4.49. The van der Waals surface area contributed by atoms with Crippen LogP contribution in [0, 0.1) is 23.7 Å². The van der Waals surface area contributed by atoms with Gasteiger partial charge in [-0.2, -0.15) is 0 Å². The molecule has 4 nitrogen and oxygen atoms in total. The lowest BCUT2D eigenvalue weighted by Crippen LogP contribution is -2.21. The van der Waals surface area contributed by atoms with Crippen molar-refractivity contribution in [1.29, 1.82) is 0 Å². The summed E-state index contributed by atoms with van der Waals surface area (Å²) in [5.74, 6) is 13.5. The molecule has 0 saturated heterocycles. The van der Waals surface area contributed by atoms with E-state index in [4.69, 9.17) is 9.47 Å². The number of rotatable bonds is 2. The van der Waals surface area contributed by atoms with E-state index in [1.54, 1.807) is 50.6 Å². The second-order valence-electron chi connectivity index (χ2n) is 8.14. The molecule has 0 heterocycles. The summed E-state index contributed by atoms with van der Waals surface area (Å²) >= 11 is 0. The highest BCUT2D eigenvalue weighted by atomic mass is 16.5. The summed E-state index contributed by atoms with van der Waals surface area (Å²) in [6.07, 6.45) is 0. The molecule has 4 heteroatoms. The molecule has 0 N–H and O–H groups in total. The number of hydrogen-bond donors (Lipinski definition) is 0. The van der Waals surface area contributed by atoms with Gasteiger partial charge in [-0.1, -0.05) is 23.7 Å². The number of methoxy groups -OCH3 is 2. The second-order valence-corrected chi connectivity index (χ2v) is 8.14. The van der Waals surface area contributed by atoms with Crippen molar-refractivity contribution < 1.29 is 19.1 Å². The van der Waals surface area contributed by atoms with Crippen LogP contribution in [-0.2, 0) is 0 Å². The summed E-state index contributed by atoms with van der Waals surface area (Å²) in [6.45, 7) is 0. The number of carbonyl (C=O) groups excluding carboxylic acids is 2. The highest BCUT2D eigenvalue weighted by Gasteiger charge is 2.29. The fourth-order valence-corrected chi connectivity index (χ4v) is 3.94. The maximum atomic E-state index is 13.4. The Kier molecular flexibility index (Phi) is 6.10. The highest BCUT2D eigenvalue weighted by Crippen LogP contribution is 2.28. The molecule has 5 rings (SSSR count). The van der Waals surface area contributed by atoms with Crippen LogP contribution in [0.25, 0.3) is 0 Å². The molecule has 36 heavy (non-hydrogen) atoms. The fraction of sp³-hybridized carbons (Fsp3) is 0.0625. The van der Waals surface area contributed by atoms with E-state index in [-0.39, 0.29) is 11.6 Å². The Labute approximate surface area is 209 Å². The zero-order valence-electron chi connectivity index (χ0n) is 19.7. The lowest BCUT2D eigenvalue weighted by Gasteiger charge is -2.17. The Balaban J connectivity index is 1.44. The minimum atomic E-state index is -0.208. The molecule has 0 aliphatic heterocycles. The van der Waals surface area contributed by atoms with Crippen molar-refractivity contribution in [2.24, 2.45) is 0 Å². The number of carbonyl (C=O) groups is 2. The smallest absolute Gasteiger partial charge is 0.194 e. The van der Waals surface area contributed by atoms with Crippen molar-refractivity contribution >= 4 is 11.6 Å². The van der Waals surface area contributed by atoms with Crippen LogP contribution < -0.4 is 9.47 Å². The number of hydrogen-bond acceptors (Lipinski definition) is 4. The van der Waals surface area contributed by atoms with Gasteiger partial charge in [0, 0.05) is 44.5 Å². The van der Waals surface area contributed by atoms with E-state index in [0.29, 0.717) is 33.4 Å². The standard InChI is InChI=1S/C32H20O4/c1-35-25-13-7-21(8-14-25)3-5-23-11-17-27-29(19-23)32(34)30-20-24(12-18-28(30)31(27)33)6-4-22-9-15-26(36-2)16-10-22/h7-20H,1-2H3. The number of benzene rings is 4. The topological polar surface area (TPSA) is 52.6 Å². The largest absolute Gasteiger partial charge is 0.497 e. The van der Waals surface area contributed by atoms with Crippen LogP contribution >= 0.6 is 0 Å². The third-order valence-corrected chi connectivity index (χ3v) is 5.90. The first kappa shape index (κ1) is 22.7. The molecule has 172 valence electrons. The van der Waals surface area contributed by atoms with E-state index in [9.17, 15) is 9.59 Å². The maximum Gasteiger partial charge on any atom is 0.194 e. The summed E-state index contributed by atoms with van der Waals surface area (Å²) in [7, 11) is 3.22. The van der Waals surface area contributed by atoms with Gasteiger partial charge in [-0.3, -0.25) is 9.59 Å². The Morgan fingerprint density at radius 1 is 0.444 bits per heavy atom.